The Balaban J connectivity index is 1.56. The fourth-order valence-corrected chi connectivity index (χ4v) is 3.71. The maximum atomic E-state index is 11.8. The van der Waals surface area contributed by atoms with E-state index in [-0.39, 0.29) is 18.1 Å². The Bertz CT molecular complexity index is 495. The van der Waals surface area contributed by atoms with Gasteiger partial charge < -0.3 is 9.64 Å². The summed E-state index contributed by atoms with van der Waals surface area (Å²) in [6, 6.07) is 0. The number of ether oxygens (including phenoxy) is 1. The molecule has 3 heterocycles. The molecule has 1 spiro atoms. The molecule has 0 aromatic carbocycles. The zero-order chi connectivity index (χ0) is 14.7. The Kier molecular flexibility index (Phi) is 4.37. The number of piperidine rings is 1. The van der Waals surface area contributed by atoms with E-state index in [2.05, 4.69) is 16.5 Å². The molecule has 1 aromatic rings. The highest BCUT2D eigenvalue weighted by Gasteiger charge is 2.41. The summed E-state index contributed by atoms with van der Waals surface area (Å²) in [6.45, 7) is 8.16. The zero-order valence-electron chi connectivity index (χ0n) is 12.2. The van der Waals surface area contributed by atoms with Crippen molar-refractivity contribution in [2.24, 2.45) is 0 Å². The van der Waals surface area contributed by atoms with Gasteiger partial charge in [-0.25, -0.2) is 4.98 Å². The van der Waals surface area contributed by atoms with Gasteiger partial charge in [0, 0.05) is 31.2 Å². The van der Waals surface area contributed by atoms with E-state index in [9.17, 15) is 4.79 Å². The third-order valence-corrected chi connectivity index (χ3v) is 5.06. The Morgan fingerprint density at radius 1 is 1.48 bits per heavy atom. The standard InChI is InChI=1S/C15H21N3O2S/c1-2-6-18-12-15(20-11-14(18)19)3-7-17(8-4-15)10-13-16-5-9-21-13/h2,5,9H,1,3-4,6-8,10-12H2. The molecule has 0 radical (unpaired) electrons. The monoisotopic (exact) mass is 307 g/mol. The van der Waals surface area contributed by atoms with Crippen LogP contribution in [0.2, 0.25) is 0 Å². The molecule has 0 N–H and O–H groups in total. The van der Waals surface area contributed by atoms with Crippen molar-refractivity contribution < 1.29 is 9.53 Å². The van der Waals surface area contributed by atoms with Gasteiger partial charge in [0.15, 0.2) is 0 Å². The lowest BCUT2D eigenvalue weighted by Crippen LogP contribution is -2.58. The number of carbonyl (C=O) groups excluding carboxylic acids is 1. The van der Waals surface area contributed by atoms with Crippen LogP contribution in [0, 0.1) is 0 Å². The third-order valence-electron chi connectivity index (χ3n) is 4.29. The quantitative estimate of drug-likeness (QED) is 0.791. The first-order valence-electron chi connectivity index (χ1n) is 7.34. The number of likely N-dealkylation sites (tertiary alicyclic amines) is 1. The Hall–Kier alpha value is -1.24. The number of hydrogen-bond acceptors (Lipinski definition) is 5. The van der Waals surface area contributed by atoms with Gasteiger partial charge in [0.2, 0.25) is 5.91 Å². The van der Waals surface area contributed by atoms with Gasteiger partial charge in [0.25, 0.3) is 0 Å². The van der Waals surface area contributed by atoms with Gasteiger partial charge in [-0.15, -0.1) is 17.9 Å². The molecule has 1 aromatic heterocycles. The number of morpholine rings is 1. The molecule has 21 heavy (non-hydrogen) atoms. The number of aromatic nitrogens is 1. The summed E-state index contributed by atoms with van der Waals surface area (Å²) in [4.78, 5) is 20.5. The van der Waals surface area contributed by atoms with Crippen molar-refractivity contribution in [2.75, 3.05) is 32.8 Å². The normalized spacial score (nSPS) is 22.7. The van der Waals surface area contributed by atoms with Crippen molar-refractivity contribution in [3.63, 3.8) is 0 Å². The van der Waals surface area contributed by atoms with Crippen LogP contribution in [0.4, 0.5) is 0 Å². The third kappa shape index (κ3) is 3.33. The average Bonchev–Trinajstić information content (AvgIpc) is 2.99. The molecule has 0 bridgehead atoms. The summed E-state index contributed by atoms with van der Waals surface area (Å²) >= 11 is 1.70. The van der Waals surface area contributed by atoms with Crippen LogP contribution in [0.3, 0.4) is 0 Å². The maximum absolute atomic E-state index is 11.8. The summed E-state index contributed by atoms with van der Waals surface area (Å²) in [5.74, 6) is 0.0748. The van der Waals surface area contributed by atoms with Crippen molar-refractivity contribution in [3.05, 3.63) is 29.2 Å². The summed E-state index contributed by atoms with van der Waals surface area (Å²) in [7, 11) is 0. The minimum atomic E-state index is -0.156. The SMILES string of the molecule is C=CCN1CC2(CCN(Cc3nccs3)CC2)OCC1=O. The van der Waals surface area contributed by atoms with Gasteiger partial charge in [-0.3, -0.25) is 9.69 Å². The first-order valence-corrected chi connectivity index (χ1v) is 8.22. The largest absolute Gasteiger partial charge is 0.363 e. The molecule has 0 saturated carbocycles. The number of amides is 1. The van der Waals surface area contributed by atoms with Gasteiger partial charge in [-0.05, 0) is 12.8 Å². The predicted octanol–water partition coefficient (Wildman–Crippen LogP) is 1.52. The number of carbonyl (C=O) groups is 1. The maximum Gasteiger partial charge on any atom is 0.248 e. The van der Waals surface area contributed by atoms with Crippen molar-refractivity contribution >= 4 is 17.2 Å². The summed E-state index contributed by atoms with van der Waals surface area (Å²) in [6.07, 6.45) is 5.58. The molecule has 2 fully saturated rings. The summed E-state index contributed by atoms with van der Waals surface area (Å²) in [5.41, 5.74) is -0.156. The lowest BCUT2D eigenvalue weighted by atomic mass is 9.89. The van der Waals surface area contributed by atoms with E-state index >= 15 is 0 Å². The molecule has 6 heteroatoms. The zero-order valence-corrected chi connectivity index (χ0v) is 13.0. The van der Waals surface area contributed by atoms with Crippen LogP contribution in [0.25, 0.3) is 0 Å². The molecular weight excluding hydrogens is 286 g/mol. The van der Waals surface area contributed by atoms with E-state index in [1.807, 2.05) is 16.5 Å². The molecule has 2 saturated heterocycles. The van der Waals surface area contributed by atoms with Crippen LogP contribution in [0.1, 0.15) is 17.8 Å². The number of thiazole rings is 1. The van der Waals surface area contributed by atoms with Crippen LogP contribution in [-0.4, -0.2) is 59.1 Å². The Morgan fingerprint density at radius 2 is 2.29 bits per heavy atom. The molecule has 3 rings (SSSR count). The number of rotatable bonds is 4. The molecule has 0 unspecified atom stereocenters. The number of nitrogens with zero attached hydrogens (tertiary/aromatic N) is 3. The molecule has 5 nitrogen and oxygen atoms in total. The van der Waals surface area contributed by atoms with E-state index in [1.54, 1.807) is 17.4 Å². The van der Waals surface area contributed by atoms with Crippen LogP contribution in [-0.2, 0) is 16.1 Å². The molecule has 114 valence electrons. The van der Waals surface area contributed by atoms with Gasteiger partial charge in [-0.1, -0.05) is 6.08 Å². The van der Waals surface area contributed by atoms with Crippen LogP contribution < -0.4 is 0 Å². The van der Waals surface area contributed by atoms with Crippen molar-refractivity contribution in [2.45, 2.75) is 25.0 Å². The second-order valence-corrected chi connectivity index (χ2v) is 6.72. The van der Waals surface area contributed by atoms with Crippen molar-refractivity contribution in [3.8, 4) is 0 Å². The summed E-state index contributed by atoms with van der Waals surface area (Å²) < 4.78 is 5.91. The van der Waals surface area contributed by atoms with E-state index < -0.39 is 0 Å². The molecule has 0 atom stereocenters. The first kappa shape index (κ1) is 14.7. The molecule has 0 aliphatic carbocycles. The Labute approximate surface area is 129 Å². The van der Waals surface area contributed by atoms with E-state index in [0.29, 0.717) is 13.1 Å². The minimum Gasteiger partial charge on any atom is -0.363 e. The van der Waals surface area contributed by atoms with Gasteiger partial charge in [0.05, 0.1) is 18.7 Å². The van der Waals surface area contributed by atoms with E-state index in [0.717, 1.165) is 32.5 Å². The number of hydrogen-bond donors (Lipinski definition) is 0. The lowest BCUT2D eigenvalue weighted by molar-refractivity contribution is -0.170. The van der Waals surface area contributed by atoms with Crippen molar-refractivity contribution in [1.29, 1.82) is 0 Å². The smallest absolute Gasteiger partial charge is 0.248 e. The summed E-state index contributed by atoms with van der Waals surface area (Å²) in [5, 5.41) is 3.18. The predicted molar refractivity (Wildman–Crippen MR) is 82.1 cm³/mol. The van der Waals surface area contributed by atoms with Gasteiger partial charge >= 0.3 is 0 Å². The molecule has 2 aliphatic heterocycles. The topological polar surface area (TPSA) is 45.7 Å². The molecule has 2 aliphatic rings. The Morgan fingerprint density at radius 3 is 2.95 bits per heavy atom. The average molecular weight is 307 g/mol. The van der Waals surface area contributed by atoms with Crippen LogP contribution in [0.5, 0.6) is 0 Å². The highest BCUT2D eigenvalue weighted by Crippen LogP contribution is 2.31. The molecule has 1 amide bonds. The highest BCUT2D eigenvalue weighted by atomic mass is 32.1. The van der Waals surface area contributed by atoms with Gasteiger partial charge in [0.1, 0.15) is 11.6 Å². The molecular formula is C15H21N3O2S. The van der Waals surface area contributed by atoms with Crippen LogP contribution >= 0.6 is 11.3 Å². The fourth-order valence-electron chi connectivity index (χ4n) is 3.05. The van der Waals surface area contributed by atoms with Crippen LogP contribution in [0.15, 0.2) is 24.2 Å². The highest BCUT2D eigenvalue weighted by molar-refractivity contribution is 7.09. The fraction of sp³-hybridized carbons (Fsp3) is 0.600. The van der Waals surface area contributed by atoms with Crippen molar-refractivity contribution in [1.82, 2.24) is 14.8 Å². The lowest BCUT2D eigenvalue weighted by Gasteiger charge is -2.46. The second kappa shape index (κ2) is 6.25. The minimum absolute atomic E-state index is 0.0748. The van der Waals surface area contributed by atoms with E-state index in [4.69, 9.17) is 4.74 Å². The van der Waals surface area contributed by atoms with Gasteiger partial charge in [-0.2, -0.15) is 0 Å². The first-order chi connectivity index (χ1) is 10.2. The second-order valence-electron chi connectivity index (χ2n) is 5.74. The van der Waals surface area contributed by atoms with E-state index in [1.165, 1.54) is 5.01 Å².